The molecular formula is C21H22ClF2N5O4. The van der Waals surface area contributed by atoms with Gasteiger partial charge in [0.1, 0.15) is 11.7 Å². The van der Waals surface area contributed by atoms with Gasteiger partial charge < -0.3 is 15.3 Å². The fraction of sp³-hybridized carbons (Fsp3) is 0.476. The van der Waals surface area contributed by atoms with Gasteiger partial charge in [0.15, 0.2) is 0 Å². The van der Waals surface area contributed by atoms with Gasteiger partial charge in [-0.15, -0.1) is 5.10 Å². The Hall–Kier alpha value is -3.08. The van der Waals surface area contributed by atoms with Crippen LogP contribution in [-0.2, 0) is 16.1 Å². The van der Waals surface area contributed by atoms with Crippen LogP contribution >= 0.6 is 11.6 Å². The van der Waals surface area contributed by atoms with Gasteiger partial charge in [-0.1, -0.05) is 28.9 Å². The number of hydrogen-bond acceptors (Lipinski definition) is 5. The molecule has 1 aromatic carbocycles. The molecule has 2 amide bonds. The molecule has 1 atom stereocenters. The number of nitrogens with one attached hydrogen (secondary N) is 1. The first-order valence-electron chi connectivity index (χ1n) is 10.5. The van der Waals surface area contributed by atoms with E-state index in [0.717, 1.165) is 4.90 Å². The van der Waals surface area contributed by atoms with Gasteiger partial charge in [-0.05, 0) is 24.8 Å². The number of carbonyl (C=O) groups excluding carboxylic acids is 2. The highest BCUT2D eigenvalue weighted by Crippen LogP contribution is 2.37. The molecule has 1 saturated heterocycles. The predicted molar refractivity (Wildman–Crippen MR) is 113 cm³/mol. The highest BCUT2D eigenvalue weighted by molar-refractivity contribution is 6.36. The summed E-state index contributed by atoms with van der Waals surface area (Å²) in [5.74, 6) is -4.89. The standard InChI is InChI=1S/C21H22ClF2N5O4/c22-18-13(15-10-29(27-26-15)8-12-4-6-21(23,24)7-5-12)2-1-3-14(18)19(31)28-9-16(20(32)33)25-17(30)11-28/h1-3,10,12,16H,4-9,11H2,(H,25,30)(H,32,33)/t16-/m0/s1. The number of nitrogens with zero attached hydrogens (tertiary/aromatic N) is 4. The smallest absolute Gasteiger partial charge is 0.328 e. The molecule has 12 heteroatoms. The molecule has 1 aliphatic heterocycles. The second kappa shape index (κ2) is 9.05. The lowest BCUT2D eigenvalue weighted by Gasteiger charge is -2.31. The van der Waals surface area contributed by atoms with Gasteiger partial charge in [-0.3, -0.25) is 14.3 Å². The van der Waals surface area contributed by atoms with E-state index in [9.17, 15) is 28.3 Å². The van der Waals surface area contributed by atoms with Crippen LogP contribution in [0.4, 0.5) is 8.78 Å². The van der Waals surface area contributed by atoms with Crippen molar-refractivity contribution < 1.29 is 28.3 Å². The number of piperazine rings is 1. The Balaban J connectivity index is 1.50. The van der Waals surface area contributed by atoms with Crippen molar-refractivity contribution in [3.63, 3.8) is 0 Å². The van der Waals surface area contributed by atoms with Gasteiger partial charge >= 0.3 is 5.97 Å². The highest BCUT2D eigenvalue weighted by Gasteiger charge is 2.35. The molecule has 176 valence electrons. The van der Waals surface area contributed by atoms with E-state index >= 15 is 0 Å². The van der Waals surface area contributed by atoms with E-state index in [4.69, 9.17) is 11.6 Å². The summed E-state index contributed by atoms with van der Waals surface area (Å²) in [6.07, 6.45) is 2.21. The Morgan fingerprint density at radius 3 is 2.70 bits per heavy atom. The fourth-order valence-electron chi connectivity index (χ4n) is 4.16. The van der Waals surface area contributed by atoms with E-state index in [1.165, 1.54) is 6.07 Å². The van der Waals surface area contributed by atoms with Crippen molar-refractivity contribution in [3.05, 3.63) is 35.0 Å². The summed E-state index contributed by atoms with van der Waals surface area (Å²) in [5.41, 5.74) is 0.966. The number of alkyl halides is 2. The minimum atomic E-state index is -2.59. The lowest BCUT2D eigenvalue weighted by atomic mass is 9.87. The summed E-state index contributed by atoms with van der Waals surface area (Å²) in [4.78, 5) is 37.2. The molecule has 0 radical (unpaired) electrons. The normalized spacial score (nSPS) is 21.0. The maximum Gasteiger partial charge on any atom is 0.328 e. The van der Waals surface area contributed by atoms with E-state index in [0.29, 0.717) is 30.6 Å². The molecule has 4 rings (SSSR count). The zero-order valence-corrected chi connectivity index (χ0v) is 18.3. The van der Waals surface area contributed by atoms with E-state index in [1.807, 2.05) is 0 Å². The number of carbonyl (C=O) groups is 3. The van der Waals surface area contributed by atoms with Crippen molar-refractivity contribution in [1.29, 1.82) is 0 Å². The first-order valence-corrected chi connectivity index (χ1v) is 10.9. The van der Waals surface area contributed by atoms with Crippen LogP contribution in [0.3, 0.4) is 0 Å². The Morgan fingerprint density at radius 1 is 1.27 bits per heavy atom. The minimum Gasteiger partial charge on any atom is -0.480 e. The molecule has 1 aliphatic carbocycles. The molecule has 0 unspecified atom stereocenters. The Kier molecular flexibility index (Phi) is 6.33. The van der Waals surface area contributed by atoms with E-state index in [2.05, 4.69) is 15.6 Å². The van der Waals surface area contributed by atoms with Gasteiger partial charge in [0.25, 0.3) is 5.91 Å². The third kappa shape index (κ3) is 5.13. The lowest BCUT2D eigenvalue weighted by Crippen LogP contribution is -2.58. The molecule has 2 fully saturated rings. The molecule has 0 spiro atoms. The third-order valence-electron chi connectivity index (χ3n) is 5.98. The van der Waals surface area contributed by atoms with E-state index < -0.39 is 29.7 Å². The van der Waals surface area contributed by atoms with Crippen LogP contribution in [0, 0.1) is 5.92 Å². The molecule has 0 bridgehead atoms. The molecule has 2 N–H and O–H groups in total. The van der Waals surface area contributed by atoms with Crippen LogP contribution in [0.15, 0.2) is 24.4 Å². The van der Waals surface area contributed by atoms with E-state index in [1.54, 1.807) is 23.0 Å². The Morgan fingerprint density at radius 2 is 2.00 bits per heavy atom. The van der Waals surface area contributed by atoms with Crippen LogP contribution in [0.25, 0.3) is 11.3 Å². The number of aliphatic carboxylic acids is 1. The van der Waals surface area contributed by atoms with Crippen molar-refractivity contribution in [3.8, 4) is 11.3 Å². The predicted octanol–water partition coefficient (Wildman–Crippen LogP) is 2.45. The van der Waals surface area contributed by atoms with Crippen LogP contribution in [0.2, 0.25) is 5.02 Å². The Bertz CT molecular complexity index is 1080. The van der Waals surface area contributed by atoms with Crippen LogP contribution in [-0.4, -0.2) is 67.8 Å². The number of carboxylic acids is 1. The molecule has 2 aliphatic rings. The van der Waals surface area contributed by atoms with Crippen molar-refractivity contribution >= 4 is 29.4 Å². The topological polar surface area (TPSA) is 117 Å². The summed E-state index contributed by atoms with van der Waals surface area (Å²) in [7, 11) is 0. The number of halogens is 3. The highest BCUT2D eigenvalue weighted by atomic mass is 35.5. The second-order valence-electron chi connectivity index (χ2n) is 8.44. The average molecular weight is 482 g/mol. The number of aromatic nitrogens is 3. The van der Waals surface area contributed by atoms with Gasteiger partial charge in [-0.25, -0.2) is 13.6 Å². The fourth-order valence-corrected chi connectivity index (χ4v) is 4.47. The maximum atomic E-state index is 13.4. The number of benzene rings is 1. The van der Waals surface area contributed by atoms with Crippen molar-refractivity contribution in [2.75, 3.05) is 13.1 Å². The number of carboxylic acid groups (broad SMARTS) is 1. The second-order valence-corrected chi connectivity index (χ2v) is 8.81. The molecule has 33 heavy (non-hydrogen) atoms. The number of rotatable bonds is 5. The molecule has 2 heterocycles. The molecule has 1 aromatic heterocycles. The van der Waals surface area contributed by atoms with Gasteiger partial charge in [-0.2, -0.15) is 0 Å². The summed E-state index contributed by atoms with van der Waals surface area (Å²) in [6.45, 7) is -0.00431. The molecular weight excluding hydrogens is 460 g/mol. The van der Waals surface area contributed by atoms with Crippen molar-refractivity contribution in [2.24, 2.45) is 5.92 Å². The van der Waals surface area contributed by atoms with Crippen LogP contribution in [0.1, 0.15) is 36.0 Å². The Labute approximate surface area is 192 Å². The van der Waals surface area contributed by atoms with Gasteiger partial charge in [0.2, 0.25) is 11.8 Å². The zero-order valence-electron chi connectivity index (χ0n) is 17.5. The summed E-state index contributed by atoms with van der Waals surface area (Å²) < 4.78 is 28.3. The van der Waals surface area contributed by atoms with Crippen LogP contribution < -0.4 is 5.32 Å². The summed E-state index contributed by atoms with van der Waals surface area (Å²) in [6, 6.07) is 3.56. The molecule has 1 saturated carbocycles. The zero-order chi connectivity index (χ0) is 23.8. The molecule has 9 nitrogen and oxygen atoms in total. The van der Waals surface area contributed by atoms with E-state index in [-0.39, 0.29) is 42.4 Å². The van der Waals surface area contributed by atoms with Gasteiger partial charge in [0, 0.05) is 24.9 Å². The first-order chi connectivity index (χ1) is 15.6. The van der Waals surface area contributed by atoms with Crippen molar-refractivity contribution in [1.82, 2.24) is 25.2 Å². The number of hydrogen-bond donors (Lipinski definition) is 2. The molecule has 2 aromatic rings. The number of amides is 2. The quantitative estimate of drug-likeness (QED) is 0.677. The first kappa shape index (κ1) is 23.1. The monoisotopic (exact) mass is 481 g/mol. The largest absolute Gasteiger partial charge is 0.480 e. The average Bonchev–Trinajstić information content (AvgIpc) is 3.22. The third-order valence-corrected chi connectivity index (χ3v) is 6.39. The summed E-state index contributed by atoms with van der Waals surface area (Å²) >= 11 is 6.50. The summed E-state index contributed by atoms with van der Waals surface area (Å²) in [5, 5.41) is 19.8. The van der Waals surface area contributed by atoms with Crippen LogP contribution in [0.5, 0.6) is 0 Å². The van der Waals surface area contributed by atoms with Crippen molar-refractivity contribution in [2.45, 2.75) is 44.2 Å². The lowest BCUT2D eigenvalue weighted by molar-refractivity contribution is -0.144. The maximum absolute atomic E-state index is 13.4. The SMILES string of the molecule is O=C1CN(C(=O)c2cccc(-c3cn(CC4CCC(F)(F)CC4)nn3)c2Cl)C[C@@H](C(=O)O)N1. The van der Waals surface area contributed by atoms with Gasteiger partial charge in [0.05, 0.1) is 29.9 Å². The minimum absolute atomic E-state index is 0.0787.